The zero-order valence-corrected chi connectivity index (χ0v) is 17.7. The van der Waals surface area contributed by atoms with Gasteiger partial charge in [0.1, 0.15) is 5.82 Å². The monoisotopic (exact) mass is 436 g/mol. The molecule has 3 aromatic heterocycles. The number of thioether (sulfide) groups is 1. The van der Waals surface area contributed by atoms with Crippen LogP contribution in [0.4, 0.5) is 4.39 Å². The second-order valence-electron chi connectivity index (χ2n) is 7.18. The van der Waals surface area contributed by atoms with Crippen molar-refractivity contribution in [2.75, 3.05) is 0 Å². The predicted molar refractivity (Wildman–Crippen MR) is 114 cm³/mol. The summed E-state index contributed by atoms with van der Waals surface area (Å²) in [4.78, 5) is 17.0. The van der Waals surface area contributed by atoms with E-state index in [9.17, 15) is 9.18 Å². The molecule has 0 aliphatic carbocycles. The lowest BCUT2D eigenvalue weighted by atomic mass is 10.1. The fourth-order valence-corrected chi connectivity index (χ4v) is 4.23. The third-order valence-electron chi connectivity index (χ3n) is 5.10. The van der Waals surface area contributed by atoms with Gasteiger partial charge in [0.25, 0.3) is 5.56 Å². The summed E-state index contributed by atoms with van der Waals surface area (Å²) in [5.41, 5.74) is 1.69. The molecule has 8 nitrogen and oxygen atoms in total. The van der Waals surface area contributed by atoms with E-state index in [1.54, 1.807) is 32.2 Å². The molecule has 0 N–H and O–H groups in total. The number of aromatic nitrogens is 6. The molecular weight excluding hydrogens is 419 g/mol. The number of rotatable bonds is 4. The van der Waals surface area contributed by atoms with Gasteiger partial charge in [0.2, 0.25) is 17.5 Å². The Morgan fingerprint density at radius 3 is 2.77 bits per heavy atom. The highest BCUT2D eigenvalue weighted by molar-refractivity contribution is 7.99. The van der Waals surface area contributed by atoms with Gasteiger partial charge < -0.3 is 4.52 Å². The van der Waals surface area contributed by atoms with Crippen LogP contribution in [0.2, 0.25) is 0 Å². The molecule has 0 fully saturated rings. The molecule has 0 bridgehead atoms. The van der Waals surface area contributed by atoms with Crippen LogP contribution in [-0.2, 0) is 7.05 Å². The van der Waals surface area contributed by atoms with Crippen molar-refractivity contribution in [3.8, 4) is 11.4 Å². The quantitative estimate of drug-likeness (QED) is 0.394. The highest BCUT2D eigenvalue weighted by Crippen LogP contribution is 2.34. The maximum Gasteiger partial charge on any atom is 0.262 e. The van der Waals surface area contributed by atoms with E-state index in [2.05, 4.69) is 20.3 Å². The first-order valence-corrected chi connectivity index (χ1v) is 10.4. The minimum atomic E-state index is -0.321. The van der Waals surface area contributed by atoms with Crippen LogP contribution in [0.3, 0.4) is 0 Å². The molecule has 5 rings (SSSR count). The summed E-state index contributed by atoms with van der Waals surface area (Å²) in [5, 5.41) is 13.4. The summed E-state index contributed by atoms with van der Waals surface area (Å²) in [6.45, 7) is 3.60. The molecule has 0 aliphatic rings. The molecule has 3 heterocycles. The van der Waals surface area contributed by atoms with Gasteiger partial charge in [-0.3, -0.25) is 13.8 Å². The highest BCUT2D eigenvalue weighted by atomic mass is 32.2. The number of hydrogen-bond acceptors (Lipinski definition) is 7. The van der Waals surface area contributed by atoms with E-state index in [0.29, 0.717) is 39.2 Å². The normalized spacial score (nSPS) is 12.6. The van der Waals surface area contributed by atoms with Gasteiger partial charge in [-0.05, 0) is 37.6 Å². The number of para-hydroxylation sites is 1. The van der Waals surface area contributed by atoms with Crippen LogP contribution in [0, 0.1) is 12.7 Å². The fraction of sp³-hybridized carbons (Fsp3) is 0.190. The topological polar surface area (TPSA) is 91.1 Å². The third kappa shape index (κ3) is 3.19. The molecule has 1 unspecified atom stereocenters. The van der Waals surface area contributed by atoms with Crippen LogP contribution in [0.1, 0.15) is 23.6 Å². The minimum absolute atomic E-state index is 0.132. The lowest BCUT2D eigenvalue weighted by Gasteiger charge is -2.09. The number of nitrogens with zero attached hydrogens (tertiary/aromatic N) is 6. The molecule has 0 saturated heterocycles. The Hall–Kier alpha value is -3.53. The van der Waals surface area contributed by atoms with Crippen molar-refractivity contribution in [1.29, 1.82) is 0 Å². The average Bonchev–Trinajstić information content (AvgIpc) is 3.42. The molecule has 31 heavy (non-hydrogen) atoms. The SMILES string of the molecule is Cc1ccc(-c2noc(C(C)Sc3nnc4n(C)c(=O)c5ccccc5n34)n2)cc1F. The van der Waals surface area contributed by atoms with E-state index in [0.717, 1.165) is 5.52 Å². The predicted octanol–water partition coefficient (Wildman–Crippen LogP) is 3.93. The largest absolute Gasteiger partial charge is 0.338 e. The summed E-state index contributed by atoms with van der Waals surface area (Å²) in [6.07, 6.45) is 0. The maximum absolute atomic E-state index is 13.9. The van der Waals surface area contributed by atoms with E-state index in [4.69, 9.17) is 4.52 Å². The smallest absolute Gasteiger partial charge is 0.262 e. The minimum Gasteiger partial charge on any atom is -0.338 e. The Bertz CT molecular complexity index is 1510. The van der Waals surface area contributed by atoms with E-state index in [1.165, 1.54) is 22.4 Å². The van der Waals surface area contributed by atoms with Crippen molar-refractivity contribution in [3.05, 3.63) is 70.1 Å². The molecule has 10 heteroatoms. The molecule has 0 aliphatic heterocycles. The molecule has 0 amide bonds. The van der Waals surface area contributed by atoms with E-state index in [-0.39, 0.29) is 16.6 Å². The standard InChI is InChI=1S/C21H17FN6O2S/c1-11-8-9-13(10-15(11)22)17-23-18(30-26-17)12(2)31-21-25-24-20-27(3)19(29)14-6-4-5-7-16(14)28(20)21/h4-10,12H,1-3H3. The van der Waals surface area contributed by atoms with E-state index < -0.39 is 0 Å². The van der Waals surface area contributed by atoms with Gasteiger partial charge in [0.05, 0.1) is 16.2 Å². The Balaban J connectivity index is 1.52. The maximum atomic E-state index is 13.9. The molecule has 0 radical (unpaired) electrons. The molecule has 0 spiro atoms. The van der Waals surface area contributed by atoms with Crippen molar-refractivity contribution in [1.82, 2.24) is 29.3 Å². The van der Waals surface area contributed by atoms with Crippen molar-refractivity contribution in [2.24, 2.45) is 7.05 Å². The van der Waals surface area contributed by atoms with Crippen molar-refractivity contribution >= 4 is 28.4 Å². The molecule has 0 saturated carbocycles. The van der Waals surface area contributed by atoms with Gasteiger partial charge >= 0.3 is 0 Å². The van der Waals surface area contributed by atoms with E-state index >= 15 is 0 Å². The summed E-state index contributed by atoms with van der Waals surface area (Å²) >= 11 is 1.38. The number of halogens is 1. The summed E-state index contributed by atoms with van der Waals surface area (Å²) < 4.78 is 22.6. The van der Waals surface area contributed by atoms with Crippen LogP contribution in [0.5, 0.6) is 0 Å². The first kappa shape index (κ1) is 19.4. The molecule has 156 valence electrons. The van der Waals surface area contributed by atoms with Gasteiger partial charge in [-0.25, -0.2) is 4.39 Å². The van der Waals surface area contributed by atoms with E-state index in [1.807, 2.05) is 29.5 Å². The summed E-state index contributed by atoms with van der Waals surface area (Å²) in [6, 6.07) is 12.1. The van der Waals surface area contributed by atoms with Crippen LogP contribution in [0.25, 0.3) is 28.1 Å². The second-order valence-corrected chi connectivity index (χ2v) is 8.49. The van der Waals surface area contributed by atoms with Crippen molar-refractivity contribution in [2.45, 2.75) is 24.3 Å². The van der Waals surface area contributed by atoms with Crippen molar-refractivity contribution in [3.63, 3.8) is 0 Å². The third-order valence-corrected chi connectivity index (χ3v) is 6.13. The van der Waals surface area contributed by atoms with Crippen LogP contribution < -0.4 is 5.56 Å². The molecule has 1 atom stereocenters. The average molecular weight is 436 g/mol. The Labute approximate surface area is 179 Å². The fourth-order valence-electron chi connectivity index (χ4n) is 3.35. The number of benzene rings is 2. The van der Waals surface area contributed by atoms with Gasteiger partial charge in [-0.1, -0.05) is 41.2 Å². The van der Waals surface area contributed by atoms with Gasteiger partial charge in [0.15, 0.2) is 5.16 Å². The summed E-state index contributed by atoms with van der Waals surface area (Å²) in [5.74, 6) is 0.825. The Kier molecular flexibility index (Phi) is 4.58. The second kappa shape index (κ2) is 7.31. The summed E-state index contributed by atoms with van der Waals surface area (Å²) in [7, 11) is 1.67. The molecule has 2 aromatic carbocycles. The zero-order chi connectivity index (χ0) is 21.7. The van der Waals surface area contributed by atoms with Crippen LogP contribution >= 0.6 is 11.8 Å². The van der Waals surface area contributed by atoms with Crippen molar-refractivity contribution < 1.29 is 8.91 Å². The first-order valence-electron chi connectivity index (χ1n) is 9.53. The van der Waals surface area contributed by atoms with Gasteiger partial charge in [-0.15, -0.1) is 10.2 Å². The molecular formula is C21H17FN6O2S. The zero-order valence-electron chi connectivity index (χ0n) is 16.9. The lowest BCUT2D eigenvalue weighted by molar-refractivity contribution is 0.380. The van der Waals surface area contributed by atoms with Crippen LogP contribution in [0.15, 0.2) is 56.9 Å². The first-order chi connectivity index (χ1) is 14.9. The number of fused-ring (bicyclic) bond motifs is 3. The number of aryl methyl sites for hydroxylation is 2. The Morgan fingerprint density at radius 2 is 1.97 bits per heavy atom. The Morgan fingerprint density at radius 1 is 1.16 bits per heavy atom. The van der Waals surface area contributed by atoms with Gasteiger partial charge in [-0.2, -0.15) is 4.98 Å². The lowest BCUT2D eigenvalue weighted by Crippen LogP contribution is -2.20. The van der Waals surface area contributed by atoms with Gasteiger partial charge in [0, 0.05) is 12.6 Å². The number of hydrogen-bond donors (Lipinski definition) is 0. The highest BCUT2D eigenvalue weighted by Gasteiger charge is 2.22. The molecule has 5 aromatic rings. The van der Waals surface area contributed by atoms with Crippen LogP contribution in [-0.4, -0.2) is 29.3 Å².